The minimum atomic E-state index is -0.562. The number of furan rings is 2. The van der Waals surface area contributed by atoms with Crippen LogP contribution >= 0.6 is 23.1 Å². The number of hydrogen-bond acceptors (Lipinski definition) is 8. The van der Waals surface area contributed by atoms with Crippen molar-refractivity contribution in [3.05, 3.63) is 41.9 Å². The van der Waals surface area contributed by atoms with Gasteiger partial charge in [-0.15, -0.1) is 10.2 Å². The number of aromatic nitrogens is 2. The second-order valence-corrected chi connectivity index (χ2v) is 8.83. The third-order valence-electron chi connectivity index (χ3n) is 4.47. The van der Waals surface area contributed by atoms with E-state index in [0.29, 0.717) is 21.8 Å². The van der Waals surface area contributed by atoms with Crippen LogP contribution in [0.5, 0.6) is 0 Å². The predicted octanol–water partition coefficient (Wildman–Crippen LogP) is 5.36. The first kappa shape index (κ1) is 19.5. The number of hydrogen-bond donors (Lipinski definition) is 1. The Morgan fingerprint density at radius 2 is 2.14 bits per heavy atom. The van der Waals surface area contributed by atoms with Crippen LogP contribution in [0.3, 0.4) is 0 Å². The number of rotatable bonds is 6. The molecule has 9 heteroatoms. The Morgan fingerprint density at radius 1 is 1.28 bits per heavy atom. The van der Waals surface area contributed by atoms with Crippen LogP contribution in [0.1, 0.15) is 37.9 Å². The second kappa shape index (κ2) is 9.11. The number of nitrogens with one attached hydrogen (secondary N) is 1. The molecule has 0 bridgehead atoms. The molecule has 1 aliphatic rings. The fourth-order valence-corrected chi connectivity index (χ4v) is 4.95. The van der Waals surface area contributed by atoms with Crippen LogP contribution in [0.15, 0.2) is 50.0 Å². The molecular formula is C20H18N4O3S2. The second-order valence-electron chi connectivity index (χ2n) is 6.55. The molecule has 0 radical (unpaired) electrons. The quantitative estimate of drug-likeness (QED) is 0.418. The van der Waals surface area contributed by atoms with Gasteiger partial charge >= 0.3 is 0 Å². The Bertz CT molecular complexity index is 1040. The highest BCUT2D eigenvalue weighted by atomic mass is 32.2. The summed E-state index contributed by atoms with van der Waals surface area (Å²) in [5.74, 6) is 0.480. The van der Waals surface area contributed by atoms with Gasteiger partial charge in [0.1, 0.15) is 17.4 Å². The molecule has 0 aliphatic heterocycles. The maximum atomic E-state index is 12.4. The summed E-state index contributed by atoms with van der Waals surface area (Å²) in [6.45, 7) is 0. The van der Waals surface area contributed by atoms with E-state index in [9.17, 15) is 10.1 Å². The van der Waals surface area contributed by atoms with Gasteiger partial charge in [-0.25, -0.2) is 0 Å². The number of carbonyl (C=O) groups is 1. The van der Waals surface area contributed by atoms with E-state index in [1.807, 2.05) is 12.1 Å². The Hall–Kier alpha value is -2.83. The molecule has 1 amide bonds. The lowest BCUT2D eigenvalue weighted by Crippen LogP contribution is -2.13. The summed E-state index contributed by atoms with van der Waals surface area (Å²) in [5.41, 5.74) is -0.0664. The van der Waals surface area contributed by atoms with Gasteiger partial charge in [0.15, 0.2) is 15.9 Å². The highest BCUT2D eigenvalue weighted by Gasteiger charge is 2.18. The van der Waals surface area contributed by atoms with Crippen LogP contribution in [-0.2, 0) is 4.79 Å². The number of amides is 1. The molecule has 1 N–H and O–H groups in total. The van der Waals surface area contributed by atoms with Crippen molar-refractivity contribution in [3.63, 3.8) is 0 Å². The average molecular weight is 427 g/mol. The monoisotopic (exact) mass is 426 g/mol. The lowest BCUT2D eigenvalue weighted by molar-refractivity contribution is -0.112. The number of thioether (sulfide) groups is 1. The Balaban J connectivity index is 1.41. The van der Waals surface area contributed by atoms with Gasteiger partial charge in [0.05, 0.1) is 6.26 Å². The number of nitriles is 1. The highest BCUT2D eigenvalue weighted by molar-refractivity contribution is 7.99. The van der Waals surface area contributed by atoms with Gasteiger partial charge in [0, 0.05) is 11.3 Å². The average Bonchev–Trinajstić information content (AvgIpc) is 3.49. The van der Waals surface area contributed by atoms with Gasteiger partial charge in [-0.1, -0.05) is 42.4 Å². The molecule has 0 atom stereocenters. The third-order valence-corrected chi connectivity index (χ3v) is 6.58. The molecular weight excluding hydrogens is 408 g/mol. The first-order chi connectivity index (χ1) is 14.2. The number of anilines is 1. The molecule has 3 aromatic heterocycles. The van der Waals surface area contributed by atoms with Crippen molar-refractivity contribution in [1.29, 1.82) is 5.26 Å². The molecule has 0 saturated heterocycles. The number of carbonyl (C=O) groups excluding carboxylic acids is 1. The summed E-state index contributed by atoms with van der Waals surface area (Å²) in [6.07, 6.45) is 9.20. The van der Waals surface area contributed by atoms with Crippen molar-refractivity contribution in [1.82, 2.24) is 10.2 Å². The fourth-order valence-electron chi connectivity index (χ4n) is 3.05. The van der Waals surface area contributed by atoms with Crippen molar-refractivity contribution < 1.29 is 13.6 Å². The molecule has 148 valence electrons. The molecule has 1 fully saturated rings. The van der Waals surface area contributed by atoms with E-state index in [0.717, 1.165) is 5.09 Å². The fraction of sp³-hybridized carbons (Fsp3) is 0.300. The van der Waals surface area contributed by atoms with E-state index in [4.69, 9.17) is 8.83 Å². The van der Waals surface area contributed by atoms with Crippen LogP contribution < -0.4 is 5.32 Å². The van der Waals surface area contributed by atoms with Crippen molar-refractivity contribution in [2.24, 2.45) is 0 Å². The lowest BCUT2D eigenvalue weighted by atomic mass is 10.0. The van der Waals surface area contributed by atoms with Gasteiger partial charge in [-0.2, -0.15) is 5.26 Å². The predicted molar refractivity (Wildman–Crippen MR) is 111 cm³/mol. The highest BCUT2D eigenvalue weighted by Crippen LogP contribution is 2.34. The SMILES string of the molecule is N#C/C(=C/c1ccc(SC2CCCCC2)o1)C(=O)Nc1nnc(-c2ccco2)s1. The van der Waals surface area contributed by atoms with E-state index >= 15 is 0 Å². The molecule has 3 heterocycles. The van der Waals surface area contributed by atoms with Gasteiger partial charge < -0.3 is 8.83 Å². The maximum Gasteiger partial charge on any atom is 0.268 e. The smallest absolute Gasteiger partial charge is 0.268 e. The summed E-state index contributed by atoms with van der Waals surface area (Å²) >= 11 is 2.89. The Labute approximate surface area is 175 Å². The van der Waals surface area contributed by atoms with Gasteiger partial charge in [0.2, 0.25) is 5.13 Å². The minimum Gasteiger partial charge on any atom is -0.462 e. The van der Waals surface area contributed by atoms with E-state index < -0.39 is 5.91 Å². The molecule has 1 aliphatic carbocycles. The minimum absolute atomic E-state index is 0.0664. The molecule has 0 unspecified atom stereocenters. The molecule has 0 aromatic carbocycles. The van der Waals surface area contributed by atoms with Gasteiger partial charge in [0.25, 0.3) is 5.91 Å². The van der Waals surface area contributed by atoms with Crippen molar-refractivity contribution in [3.8, 4) is 16.8 Å². The van der Waals surface area contributed by atoms with E-state index in [1.165, 1.54) is 55.8 Å². The Kier molecular flexibility index (Phi) is 6.12. The molecule has 4 rings (SSSR count). The zero-order valence-electron chi connectivity index (χ0n) is 15.5. The van der Waals surface area contributed by atoms with E-state index in [2.05, 4.69) is 15.5 Å². The van der Waals surface area contributed by atoms with Crippen LogP contribution in [0, 0.1) is 11.3 Å². The number of nitrogens with zero attached hydrogens (tertiary/aromatic N) is 3. The largest absolute Gasteiger partial charge is 0.462 e. The molecule has 0 spiro atoms. The first-order valence-corrected chi connectivity index (χ1v) is 11.0. The summed E-state index contributed by atoms with van der Waals surface area (Å²) < 4.78 is 11.0. The van der Waals surface area contributed by atoms with Crippen LogP contribution in [-0.4, -0.2) is 21.4 Å². The van der Waals surface area contributed by atoms with Crippen molar-refractivity contribution in [2.45, 2.75) is 42.4 Å². The summed E-state index contributed by atoms with van der Waals surface area (Å²) in [7, 11) is 0. The summed E-state index contributed by atoms with van der Waals surface area (Å²) in [6, 6.07) is 9.08. The zero-order valence-corrected chi connectivity index (χ0v) is 17.1. The standard InChI is InChI=1S/C20H18N4O3S2/c21-12-13(11-14-8-9-17(27-14)28-15-5-2-1-3-6-15)18(25)22-20-24-23-19(29-20)16-7-4-10-26-16/h4,7-11,15H,1-3,5-6H2,(H,22,24,25)/b13-11-. The summed E-state index contributed by atoms with van der Waals surface area (Å²) in [5, 5.41) is 22.1. The molecule has 29 heavy (non-hydrogen) atoms. The normalized spacial score (nSPS) is 15.2. The van der Waals surface area contributed by atoms with Gasteiger partial charge in [-0.05, 0) is 37.1 Å². The molecule has 3 aromatic rings. The molecule has 7 nitrogen and oxygen atoms in total. The van der Waals surface area contributed by atoms with Crippen LogP contribution in [0.4, 0.5) is 5.13 Å². The Morgan fingerprint density at radius 3 is 2.90 bits per heavy atom. The third kappa shape index (κ3) is 4.96. The summed E-state index contributed by atoms with van der Waals surface area (Å²) in [4.78, 5) is 12.4. The first-order valence-electron chi connectivity index (χ1n) is 9.28. The zero-order chi connectivity index (χ0) is 20.1. The van der Waals surface area contributed by atoms with E-state index in [-0.39, 0.29) is 10.7 Å². The maximum absolute atomic E-state index is 12.4. The van der Waals surface area contributed by atoms with Gasteiger partial charge in [-0.3, -0.25) is 10.1 Å². The van der Waals surface area contributed by atoms with Crippen LogP contribution in [0.2, 0.25) is 0 Å². The van der Waals surface area contributed by atoms with Crippen molar-refractivity contribution >= 4 is 40.2 Å². The van der Waals surface area contributed by atoms with E-state index in [1.54, 1.807) is 30.0 Å². The topological polar surface area (TPSA) is 105 Å². The van der Waals surface area contributed by atoms with Crippen LogP contribution in [0.25, 0.3) is 16.8 Å². The van der Waals surface area contributed by atoms with Crippen molar-refractivity contribution in [2.75, 3.05) is 5.32 Å². The molecule has 1 saturated carbocycles. The lowest BCUT2D eigenvalue weighted by Gasteiger charge is -2.19.